The molecule has 0 aromatic heterocycles. The maximum atomic E-state index is 13.9. The molecule has 0 heterocycles. The van der Waals surface area contributed by atoms with Gasteiger partial charge < -0.3 is 10.1 Å². The molecule has 1 N–H and O–H groups in total. The summed E-state index contributed by atoms with van der Waals surface area (Å²) in [5, 5.41) is 11.9. The Morgan fingerprint density at radius 1 is 1.13 bits per heavy atom. The molecule has 152 valence electrons. The van der Waals surface area contributed by atoms with Gasteiger partial charge in [0.15, 0.2) is 0 Å². The van der Waals surface area contributed by atoms with E-state index in [9.17, 15) is 9.18 Å². The summed E-state index contributed by atoms with van der Waals surface area (Å²) in [6.07, 6.45) is 0.188. The third-order valence-corrected chi connectivity index (χ3v) is 4.86. The van der Waals surface area contributed by atoms with E-state index in [0.717, 1.165) is 11.1 Å². The van der Waals surface area contributed by atoms with E-state index in [1.807, 2.05) is 32.0 Å². The highest BCUT2D eigenvalue weighted by Crippen LogP contribution is 2.25. The summed E-state index contributed by atoms with van der Waals surface area (Å²) >= 11 is 0. The van der Waals surface area contributed by atoms with Crippen LogP contribution in [0.3, 0.4) is 0 Å². The summed E-state index contributed by atoms with van der Waals surface area (Å²) in [6.45, 7) is 4.07. The third-order valence-electron chi connectivity index (χ3n) is 4.86. The number of ether oxygens (including phenoxy) is 1. The second-order valence-electron chi connectivity index (χ2n) is 7.25. The number of anilines is 1. The number of carbonyl (C=O) groups is 1. The van der Waals surface area contributed by atoms with Gasteiger partial charge in [0.1, 0.15) is 18.2 Å². The van der Waals surface area contributed by atoms with Crippen LogP contribution in [0.15, 0.2) is 66.7 Å². The van der Waals surface area contributed by atoms with Crippen LogP contribution < -0.4 is 10.1 Å². The Morgan fingerprint density at radius 3 is 2.67 bits per heavy atom. The molecule has 0 spiro atoms. The number of aryl methyl sites for hydroxylation is 1. The van der Waals surface area contributed by atoms with Crippen molar-refractivity contribution in [3.05, 3.63) is 94.8 Å². The molecule has 30 heavy (non-hydrogen) atoms. The van der Waals surface area contributed by atoms with Crippen LogP contribution in [-0.4, -0.2) is 5.91 Å². The number of amides is 1. The van der Waals surface area contributed by atoms with Gasteiger partial charge in [0, 0.05) is 12.1 Å². The van der Waals surface area contributed by atoms with Gasteiger partial charge in [-0.25, -0.2) is 4.39 Å². The first-order valence-corrected chi connectivity index (χ1v) is 9.73. The molecule has 1 unspecified atom stereocenters. The number of rotatable bonds is 7. The Hall–Kier alpha value is -3.65. The molecule has 0 bridgehead atoms. The summed E-state index contributed by atoms with van der Waals surface area (Å²) in [5.41, 5.74) is 3.60. The van der Waals surface area contributed by atoms with E-state index in [0.29, 0.717) is 29.2 Å². The second-order valence-corrected chi connectivity index (χ2v) is 7.25. The molecule has 0 aliphatic rings. The van der Waals surface area contributed by atoms with Gasteiger partial charge in [0.2, 0.25) is 5.91 Å². The molecule has 4 nitrogen and oxygen atoms in total. The molecule has 0 fully saturated rings. The SMILES string of the molecule is Cc1cc(OCc2cccc(C#N)c2)ccc1NC(=O)CC(C)c1ccccc1F. The van der Waals surface area contributed by atoms with Crippen LogP contribution in [-0.2, 0) is 11.4 Å². The molecule has 1 amide bonds. The van der Waals surface area contributed by atoms with Gasteiger partial charge in [-0.15, -0.1) is 0 Å². The van der Waals surface area contributed by atoms with Gasteiger partial charge >= 0.3 is 0 Å². The lowest BCUT2D eigenvalue weighted by atomic mass is 9.97. The normalized spacial score (nSPS) is 11.4. The molecule has 0 aliphatic carbocycles. The summed E-state index contributed by atoms with van der Waals surface area (Å²) in [6, 6.07) is 21.3. The van der Waals surface area contributed by atoms with E-state index >= 15 is 0 Å². The number of carbonyl (C=O) groups excluding carboxylic acids is 1. The number of nitrogens with one attached hydrogen (secondary N) is 1. The first-order valence-electron chi connectivity index (χ1n) is 9.73. The zero-order chi connectivity index (χ0) is 21.5. The Morgan fingerprint density at radius 2 is 1.93 bits per heavy atom. The standard InChI is InChI=1S/C25H23FN2O2/c1-17(22-8-3-4-9-23(22)26)13-25(29)28-24-11-10-21(12-18(24)2)30-16-20-7-5-6-19(14-20)15-27/h3-12,14,17H,13,16H2,1-2H3,(H,28,29). The lowest BCUT2D eigenvalue weighted by Gasteiger charge is -2.15. The van der Waals surface area contributed by atoms with Crippen molar-refractivity contribution >= 4 is 11.6 Å². The van der Waals surface area contributed by atoms with Crippen LogP contribution in [0, 0.1) is 24.1 Å². The lowest BCUT2D eigenvalue weighted by Crippen LogP contribution is -2.15. The van der Waals surface area contributed by atoms with Crippen molar-refractivity contribution in [1.82, 2.24) is 0 Å². The van der Waals surface area contributed by atoms with Crippen LogP contribution in [0.4, 0.5) is 10.1 Å². The maximum Gasteiger partial charge on any atom is 0.224 e. The molecule has 1 atom stereocenters. The predicted octanol–water partition coefficient (Wildman–Crippen LogP) is 5.72. The minimum Gasteiger partial charge on any atom is -0.489 e. The lowest BCUT2D eigenvalue weighted by molar-refractivity contribution is -0.116. The molecule has 3 rings (SSSR count). The third kappa shape index (κ3) is 5.45. The van der Waals surface area contributed by atoms with Crippen molar-refractivity contribution in [3.8, 4) is 11.8 Å². The smallest absolute Gasteiger partial charge is 0.224 e. The molecule has 0 saturated heterocycles. The van der Waals surface area contributed by atoms with Crippen LogP contribution in [0.5, 0.6) is 5.75 Å². The fourth-order valence-electron chi connectivity index (χ4n) is 3.23. The van der Waals surface area contributed by atoms with Crippen LogP contribution >= 0.6 is 0 Å². The van der Waals surface area contributed by atoms with Gasteiger partial charge in [-0.2, -0.15) is 5.26 Å². The number of hydrogen-bond donors (Lipinski definition) is 1. The van der Waals surface area contributed by atoms with Crippen molar-refractivity contribution < 1.29 is 13.9 Å². The van der Waals surface area contributed by atoms with Gasteiger partial charge in [0.25, 0.3) is 0 Å². The monoisotopic (exact) mass is 402 g/mol. The van der Waals surface area contributed by atoms with Crippen LogP contribution in [0.1, 0.15) is 41.5 Å². The average Bonchev–Trinajstić information content (AvgIpc) is 2.74. The summed E-state index contributed by atoms with van der Waals surface area (Å²) in [4.78, 5) is 12.4. The van der Waals surface area contributed by atoms with E-state index in [1.165, 1.54) is 6.07 Å². The van der Waals surface area contributed by atoms with E-state index in [2.05, 4.69) is 11.4 Å². The summed E-state index contributed by atoms with van der Waals surface area (Å²) in [5.74, 6) is -0.0162. The topological polar surface area (TPSA) is 62.1 Å². The molecule has 0 saturated carbocycles. The number of nitrogens with zero attached hydrogens (tertiary/aromatic N) is 1. The van der Waals surface area contributed by atoms with Crippen molar-refractivity contribution in [2.24, 2.45) is 0 Å². The Kier molecular flexibility index (Phi) is 6.82. The van der Waals surface area contributed by atoms with Gasteiger partial charge in [-0.05, 0) is 65.9 Å². The van der Waals surface area contributed by atoms with E-state index < -0.39 is 0 Å². The van der Waals surface area contributed by atoms with Crippen molar-refractivity contribution in [2.45, 2.75) is 32.8 Å². The molecule has 0 radical (unpaired) electrons. The number of nitriles is 1. The van der Waals surface area contributed by atoms with Gasteiger partial charge in [0.05, 0.1) is 11.6 Å². The van der Waals surface area contributed by atoms with Crippen LogP contribution in [0.25, 0.3) is 0 Å². The zero-order valence-corrected chi connectivity index (χ0v) is 17.0. The Labute approximate surface area is 175 Å². The predicted molar refractivity (Wildman–Crippen MR) is 115 cm³/mol. The highest BCUT2D eigenvalue weighted by molar-refractivity contribution is 5.92. The largest absolute Gasteiger partial charge is 0.489 e. The fourth-order valence-corrected chi connectivity index (χ4v) is 3.23. The number of hydrogen-bond acceptors (Lipinski definition) is 3. The molecule has 3 aromatic carbocycles. The first kappa shape index (κ1) is 21.1. The molecule has 3 aromatic rings. The van der Waals surface area contributed by atoms with E-state index in [-0.39, 0.29) is 24.1 Å². The van der Waals surface area contributed by atoms with Crippen molar-refractivity contribution in [3.63, 3.8) is 0 Å². The van der Waals surface area contributed by atoms with Crippen molar-refractivity contribution in [2.75, 3.05) is 5.32 Å². The van der Waals surface area contributed by atoms with E-state index in [1.54, 1.807) is 42.5 Å². The fraction of sp³-hybridized carbons (Fsp3) is 0.200. The molecule has 0 aliphatic heterocycles. The Balaban J connectivity index is 1.59. The molecule has 5 heteroatoms. The molecular formula is C25H23FN2O2. The molecular weight excluding hydrogens is 379 g/mol. The van der Waals surface area contributed by atoms with E-state index in [4.69, 9.17) is 10.00 Å². The highest BCUT2D eigenvalue weighted by Gasteiger charge is 2.15. The quantitative estimate of drug-likeness (QED) is 0.550. The maximum absolute atomic E-state index is 13.9. The summed E-state index contributed by atoms with van der Waals surface area (Å²) < 4.78 is 19.7. The first-order chi connectivity index (χ1) is 14.5. The Bertz CT molecular complexity index is 1090. The van der Waals surface area contributed by atoms with Gasteiger partial charge in [-0.1, -0.05) is 37.3 Å². The number of halogens is 1. The average molecular weight is 402 g/mol. The minimum absolute atomic E-state index is 0.171. The number of benzene rings is 3. The van der Waals surface area contributed by atoms with Gasteiger partial charge in [-0.3, -0.25) is 4.79 Å². The summed E-state index contributed by atoms with van der Waals surface area (Å²) in [7, 11) is 0. The van der Waals surface area contributed by atoms with Crippen LogP contribution in [0.2, 0.25) is 0 Å². The zero-order valence-electron chi connectivity index (χ0n) is 17.0. The van der Waals surface area contributed by atoms with Crippen molar-refractivity contribution in [1.29, 1.82) is 5.26 Å². The second kappa shape index (κ2) is 9.71. The highest BCUT2D eigenvalue weighted by atomic mass is 19.1. The minimum atomic E-state index is -0.296.